The van der Waals surface area contributed by atoms with Gasteiger partial charge in [-0.1, -0.05) is 0 Å². The zero-order chi connectivity index (χ0) is 19.1. The van der Waals surface area contributed by atoms with Crippen molar-refractivity contribution in [1.29, 1.82) is 0 Å². The molecule has 0 atom stereocenters. The van der Waals surface area contributed by atoms with Gasteiger partial charge in [0.15, 0.2) is 0 Å². The Morgan fingerprint density at radius 3 is 2.46 bits per heavy atom. The Labute approximate surface area is 153 Å². The van der Waals surface area contributed by atoms with Crippen molar-refractivity contribution in [2.75, 3.05) is 39.8 Å². The number of hydrogen-bond acceptors (Lipinski definition) is 5. The Morgan fingerprint density at radius 1 is 1.19 bits per heavy atom. The summed E-state index contributed by atoms with van der Waals surface area (Å²) in [6, 6.07) is 4.02. The molecule has 1 aliphatic rings. The minimum absolute atomic E-state index is 0.0221. The van der Waals surface area contributed by atoms with Gasteiger partial charge in [0, 0.05) is 44.3 Å². The lowest BCUT2D eigenvalue weighted by molar-refractivity contribution is -0.121. The van der Waals surface area contributed by atoms with E-state index in [0.717, 1.165) is 18.7 Å². The number of nitrogens with zero attached hydrogens (tertiary/aromatic N) is 2. The number of hydrogen-bond donors (Lipinski definition) is 2. The number of ether oxygens (including phenoxy) is 1. The third-order valence-electron chi connectivity index (χ3n) is 4.14. The van der Waals surface area contributed by atoms with Crippen molar-refractivity contribution < 1.29 is 18.7 Å². The van der Waals surface area contributed by atoms with Crippen LogP contribution in [-0.4, -0.2) is 67.6 Å². The molecular weight excluding hydrogens is 339 g/mol. The molecule has 1 saturated heterocycles. The average Bonchev–Trinajstić information content (AvgIpc) is 2.56. The summed E-state index contributed by atoms with van der Waals surface area (Å²) in [6.45, 7) is 7.36. The van der Waals surface area contributed by atoms with Crippen molar-refractivity contribution >= 4 is 11.9 Å². The predicted molar refractivity (Wildman–Crippen MR) is 96.5 cm³/mol. The lowest BCUT2D eigenvalue weighted by Crippen LogP contribution is -2.51. The van der Waals surface area contributed by atoms with Crippen LogP contribution in [0.4, 0.5) is 9.18 Å². The van der Waals surface area contributed by atoms with E-state index >= 15 is 0 Å². The number of methoxy groups -OCH3 is 1. The summed E-state index contributed by atoms with van der Waals surface area (Å²) in [6.07, 6.45) is 0. The number of amides is 3. The molecule has 2 N–H and O–H groups in total. The van der Waals surface area contributed by atoms with E-state index in [9.17, 15) is 14.0 Å². The highest BCUT2D eigenvalue weighted by Crippen LogP contribution is 2.21. The summed E-state index contributed by atoms with van der Waals surface area (Å²) in [5, 5.41) is 4.95. The second-order valence-corrected chi connectivity index (χ2v) is 6.68. The fourth-order valence-electron chi connectivity index (χ4n) is 2.88. The third-order valence-corrected chi connectivity index (χ3v) is 4.14. The van der Waals surface area contributed by atoms with Gasteiger partial charge in [0.2, 0.25) is 5.91 Å². The molecule has 3 amide bonds. The molecular formula is C18H27FN4O3. The largest absolute Gasteiger partial charge is 0.496 e. The van der Waals surface area contributed by atoms with Crippen LogP contribution in [0.3, 0.4) is 0 Å². The molecule has 0 spiro atoms. The number of halogens is 1. The average molecular weight is 366 g/mol. The van der Waals surface area contributed by atoms with Gasteiger partial charge in [0.25, 0.3) is 0 Å². The summed E-state index contributed by atoms with van der Waals surface area (Å²) in [5.74, 6) is 0.0727. The van der Waals surface area contributed by atoms with Crippen LogP contribution in [0.2, 0.25) is 0 Å². The molecule has 0 unspecified atom stereocenters. The van der Waals surface area contributed by atoms with Gasteiger partial charge in [0.05, 0.1) is 13.7 Å². The summed E-state index contributed by atoms with van der Waals surface area (Å²) < 4.78 is 18.8. The molecule has 1 aromatic rings. The molecule has 1 aliphatic heterocycles. The first kappa shape index (κ1) is 20.1. The maximum atomic E-state index is 13.5. The summed E-state index contributed by atoms with van der Waals surface area (Å²) in [4.78, 5) is 27.6. The first-order valence-electron chi connectivity index (χ1n) is 8.75. The van der Waals surface area contributed by atoms with Crippen LogP contribution in [-0.2, 0) is 11.3 Å². The van der Waals surface area contributed by atoms with Crippen LogP contribution in [0.1, 0.15) is 19.4 Å². The fourth-order valence-corrected chi connectivity index (χ4v) is 2.88. The summed E-state index contributed by atoms with van der Waals surface area (Å²) in [7, 11) is 1.57. The Bertz CT molecular complexity index is 631. The Balaban J connectivity index is 1.78. The lowest BCUT2D eigenvalue weighted by atomic mass is 10.1. The number of carbonyl (C=O) groups excluding carboxylic acids is 2. The predicted octanol–water partition coefficient (Wildman–Crippen LogP) is 1.19. The topological polar surface area (TPSA) is 73.9 Å². The van der Waals surface area contributed by atoms with E-state index in [2.05, 4.69) is 15.5 Å². The lowest BCUT2D eigenvalue weighted by Gasteiger charge is -2.34. The second-order valence-electron chi connectivity index (χ2n) is 6.68. The number of piperazine rings is 1. The number of urea groups is 1. The maximum absolute atomic E-state index is 13.5. The normalized spacial score (nSPS) is 15.7. The van der Waals surface area contributed by atoms with E-state index < -0.39 is 6.03 Å². The highest BCUT2D eigenvalue weighted by molar-refractivity contribution is 5.95. The molecule has 0 radical (unpaired) electrons. The van der Waals surface area contributed by atoms with E-state index in [4.69, 9.17) is 4.74 Å². The molecule has 2 rings (SSSR count). The van der Waals surface area contributed by atoms with Crippen LogP contribution < -0.4 is 15.4 Å². The van der Waals surface area contributed by atoms with Crippen molar-refractivity contribution in [3.05, 3.63) is 29.6 Å². The molecule has 144 valence electrons. The molecule has 0 saturated carbocycles. The standard InChI is InChI=1S/C18H27FN4O3/c1-13(2)20-18(25)21-17(24)12-23-8-6-22(7-9-23)11-14-10-15(19)4-5-16(14)26-3/h4-5,10,13H,6-9,11-12H2,1-3H3,(H2,20,21,24,25). The molecule has 0 bridgehead atoms. The zero-order valence-electron chi connectivity index (χ0n) is 15.5. The van der Waals surface area contributed by atoms with Gasteiger partial charge < -0.3 is 10.1 Å². The van der Waals surface area contributed by atoms with Crippen molar-refractivity contribution in [1.82, 2.24) is 20.4 Å². The van der Waals surface area contributed by atoms with Gasteiger partial charge in [-0.15, -0.1) is 0 Å². The van der Waals surface area contributed by atoms with Crippen molar-refractivity contribution in [3.8, 4) is 5.75 Å². The minimum Gasteiger partial charge on any atom is -0.496 e. The van der Waals surface area contributed by atoms with E-state index in [-0.39, 0.29) is 24.3 Å². The van der Waals surface area contributed by atoms with Crippen LogP contribution in [0.15, 0.2) is 18.2 Å². The van der Waals surface area contributed by atoms with Gasteiger partial charge in [0.1, 0.15) is 11.6 Å². The molecule has 1 aromatic carbocycles. The van der Waals surface area contributed by atoms with Crippen molar-refractivity contribution in [2.24, 2.45) is 0 Å². The number of nitrogens with one attached hydrogen (secondary N) is 2. The first-order valence-corrected chi connectivity index (χ1v) is 8.75. The highest BCUT2D eigenvalue weighted by atomic mass is 19.1. The monoisotopic (exact) mass is 366 g/mol. The quantitative estimate of drug-likeness (QED) is 0.791. The Morgan fingerprint density at radius 2 is 1.85 bits per heavy atom. The zero-order valence-corrected chi connectivity index (χ0v) is 15.5. The molecule has 0 aliphatic carbocycles. The van der Waals surface area contributed by atoms with E-state index in [1.807, 2.05) is 18.7 Å². The smallest absolute Gasteiger partial charge is 0.321 e. The van der Waals surface area contributed by atoms with Crippen LogP contribution in [0, 0.1) is 5.82 Å². The maximum Gasteiger partial charge on any atom is 0.321 e. The van der Waals surface area contributed by atoms with Gasteiger partial charge >= 0.3 is 6.03 Å². The molecule has 26 heavy (non-hydrogen) atoms. The summed E-state index contributed by atoms with van der Waals surface area (Å²) >= 11 is 0. The van der Waals surface area contributed by atoms with Gasteiger partial charge in [-0.3, -0.25) is 19.9 Å². The number of carbonyl (C=O) groups is 2. The van der Waals surface area contributed by atoms with Crippen LogP contribution >= 0.6 is 0 Å². The number of imide groups is 1. The highest BCUT2D eigenvalue weighted by Gasteiger charge is 2.21. The fraction of sp³-hybridized carbons (Fsp3) is 0.556. The van der Waals surface area contributed by atoms with Crippen molar-refractivity contribution in [2.45, 2.75) is 26.4 Å². The minimum atomic E-state index is -0.471. The molecule has 1 fully saturated rings. The van der Waals surface area contributed by atoms with Gasteiger partial charge in [-0.2, -0.15) is 0 Å². The van der Waals surface area contributed by atoms with Crippen LogP contribution in [0.5, 0.6) is 5.75 Å². The second kappa shape index (κ2) is 9.49. The van der Waals surface area contributed by atoms with Gasteiger partial charge in [-0.05, 0) is 32.0 Å². The van der Waals surface area contributed by atoms with E-state index in [1.54, 1.807) is 13.2 Å². The molecule has 8 heteroatoms. The number of benzene rings is 1. The number of rotatable bonds is 6. The Hall–Kier alpha value is -2.19. The summed E-state index contributed by atoms with van der Waals surface area (Å²) in [5.41, 5.74) is 0.809. The molecule has 0 aromatic heterocycles. The first-order chi connectivity index (χ1) is 12.4. The van der Waals surface area contributed by atoms with Crippen LogP contribution in [0.25, 0.3) is 0 Å². The molecule has 7 nitrogen and oxygen atoms in total. The van der Waals surface area contributed by atoms with E-state index in [1.165, 1.54) is 12.1 Å². The third kappa shape index (κ3) is 6.27. The van der Waals surface area contributed by atoms with Crippen molar-refractivity contribution in [3.63, 3.8) is 0 Å². The Kier molecular flexibility index (Phi) is 7.35. The molecule has 1 heterocycles. The SMILES string of the molecule is COc1ccc(F)cc1CN1CCN(CC(=O)NC(=O)NC(C)C)CC1. The van der Waals surface area contributed by atoms with Gasteiger partial charge in [-0.25, -0.2) is 9.18 Å². The van der Waals surface area contributed by atoms with E-state index in [0.29, 0.717) is 25.4 Å².